The van der Waals surface area contributed by atoms with E-state index < -0.39 is 0 Å². The minimum Gasteiger partial charge on any atom is -0.391 e. The first-order chi connectivity index (χ1) is 8.16. The first-order valence-corrected chi connectivity index (χ1v) is 6.17. The molecular formula is C14H19NO2. The Bertz CT molecular complexity index is 403. The summed E-state index contributed by atoms with van der Waals surface area (Å²) in [7, 11) is 0. The van der Waals surface area contributed by atoms with Gasteiger partial charge in [0.15, 0.2) is 0 Å². The van der Waals surface area contributed by atoms with E-state index in [0.29, 0.717) is 13.0 Å². The van der Waals surface area contributed by atoms with Crippen molar-refractivity contribution in [2.45, 2.75) is 32.3 Å². The van der Waals surface area contributed by atoms with Crippen LogP contribution in [0.3, 0.4) is 0 Å². The molecule has 1 aromatic carbocycles. The van der Waals surface area contributed by atoms with E-state index >= 15 is 0 Å². The van der Waals surface area contributed by atoms with E-state index in [1.807, 2.05) is 31.2 Å². The molecule has 0 aromatic heterocycles. The number of carbonyl (C=O) groups is 1. The van der Waals surface area contributed by atoms with Crippen LogP contribution in [0.15, 0.2) is 24.3 Å². The lowest BCUT2D eigenvalue weighted by atomic mass is 10.0. The molecule has 3 heteroatoms. The minimum atomic E-state index is -0.343. The van der Waals surface area contributed by atoms with Crippen molar-refractivity contribution in [3.63, 3.8) is 0 Å². The first kappa shape index (κ1) is 12.1. The third-order valence-electron chi connectivity index (χ3n) is 3.35. The molecule has 92 valence electrons. The van der Waals surface area contributed by atoms with Crippen LogP contribution in [-0.4, -0.2) is 35.1 Å². The van der Waals surface area contributed by atoms with Gasteiger partial charge in [-0.3, -0.25) is 4.79 Å². The van der Waals surface area contributed by atoms with Gasteiger partial charge in [-0.15, -0.1) is 0 Å². The van der Waals surface area contributed by atoms with Crippen molar-refractivity contribution >= 4 is 5.91 Å². The molecule has 1 unspecified atom stereocenters. The fourth-order valence-corrected chi connectivity index (χ4v) is 2.26. The largest absolute Gasteiger partial charge is 0.391 e. The fourth-order valence-electron chi connectivity index (χ4n) is 2.26. The van der Waals surface area contributed by atoms with E-state index in [1.165, 1.54) is 0 Å². The van der Waals surface area contributed by atoms with E-state index in [0.717, 1.165) is 30.5 Å². The minimum absolute atomic E-state index is 0.123. The summed E-state index contributed by atoms with van der Waals surface area (Å²) in [6.45, 7) is 3.29. The average molecular weight is 233 g/mol. The Balaban J connectivity index is 1.99. The molecule has 1 fully saturated rings. The molecule has 1 aromatic rings. The van der Waals surface area contributed by atoms with Crippen molar-refractivity contribution in [3.05, 3.63) is 35.4 Å². The van der Waals surface area contributed by atoms with Gasteiger partial charge in [0.05, 0.1) is 12.5 Å². The second-order valence-corrected chi connectivity index (χ2v) is 4.74. The number of aliphatic hydroxyl groups is 1. The van der Waals surface area contributed by atoms with Crippen molar-refractivity contribution in [2.24, 2.45) is 0 Å². The van der Waals surface area contributed by atoms with Gasteiger partial charge in [-0.1, -0.05) is 24.3 Å². The van der Waals surface area contributed by atoms with E-state index in [2.05, 4.69) is 0 Å². The summed E-state index contributed by atoms with van der Waals surface area (Å²) in [6.07, 6.45) is 1.82. The number of piperidine rings is 1. The van der Waals surface area contributed by atoms with Gasteiger partial charge in [0, 0.05) is 13.1 Å². The molecular weight excluding hydrogens is 214 g/mol. The van der Waals surface area contributed by atoms with Gasteiger partial charge in [0.1, 0.15) is 0 Å². The number of aryl methyl sites for hydroxylation is 1. The quantitative estimate of drug-likeness (QED) is 0.841. The Hall–Kier alpha value is -1.35. The number of likely N-dealkylation sites (tertiary alicyclic amines) is 1. The van der Waals surface area contributed by atoms with Crippen LogP contribution >= 0.6 is 0 Å². The Morgan fingerprint density at radius 2 is 2.24 bits per heavy atom. The zero-order valence-electron chi connectivity index (χ0n) is 10.2. The predicted octanol–water partition coefficient (Wildman–Crippen LogP) is 1.52. The summed E-state index contributed by atoms with van der Waals surface area (Å²) in [5.74, 6) is 0.123. The van der Waals surface area contributed by atoms with Crippen LogP contribution < -0.4 is 0 Å². The first-order valence-electron chi connectivity index (χ1n) is 6.17. The molecule has 0 bridgehead atoms. The maximum atomic E-state index is 12.1. The molecule has 0 spiro atoms. The summed E-state index contributed by atoms with van der Waals surface area (Å²) < 4.78 is 0. The monoisotopic (exact) mass is 233 g/mol. The Labute approximate surface area is 102 Å². The van der Waals surface area contributed by atoms with Crippen LogP contribution in [0.4, 0.5) is 0 Å². The lowest BCUT2D eigenvalue weighted by Crippen LogP contribution is -2.42. The highest BCUT2D eigenvalue weighted by molar-refractivity contribution is 5.79. The highest BCUT2D eigenvalue weighted by Crippen LogP contribution is 2.13. The smallest absolute Gasteiger partial charge is 0.227 e. The van der Waals surface area contributed by atoms with Crippen molar-refractivity contribution in [1.29, 1.82) is 0 Å². The summed E-state index contributed by atoms with van der Waals surface area (Å²) in [4.78, 5) is 13.9. The summed E-state index contributed by atoms with van der Waals surface area (Å²) in [5.41, 5.74) is 2.23. The molecule has 1 N–H and O–H groups in total. The second-order valence-electron chi connectivity index (χ2n) is 4.74. The predicted molar refractivity (Wildman–Crippen MR) is 66.7 cm³/mol. The third kappa shape index (κ3) is 3.07. The molecule has 1 amide bonds. The molecule has 0 aliphatic carbocycles. The number of benzene rings is 1. The lowest BCUT2D eigenvalue weighted by Gasteiger charge is -2.30. The zero-order valence-corrected chi connectivity index (χ0v) is 10.2. The molecule has 3 nitrogen and oxygen atoms in total. The molecule has 0 saturated carbocycles. The SMILES string of the molecule is Cc1ccccc1CC(=O)N1CCCC(O)C1. The van der Waals surface area contributed by atoms with Crippen molar-refractivity contribution in [1.82, 2.24) is 4.90 Å². The summed E-state index contributed by atoms with van der Waals surface area (Å²) in [5, 5.41) is 9.56. The van der Waals surface area contributed by atoms with E-state index in [9.17, 15) is 9.90 Å². The number of β-amino-alcohol motifs (C(OH)–C–C–N with tert-alkyl or cyclic N) is 1. The number of amides is 1. The summed E-state index contributed by atoms with van der Waals surface area (Å²) in [6, 6.07) is 7.95. The highest BCUT2D eigenvalue weighted by atomic mass is 16.3. The fraction of sp³-hybridized carbons (Fsp3) is 0.500. The maximum Gasteiger partial charge on any atom is 0.227 e. The van der Waals surface area contributed by atoms with Crippen LogP contribution in [0, 0.1) is 6.92 Å². The van der Waals surface area contributed by atoms with Gasteiger partial charge in [0.25, 0.3) is 0 Å². The number of rotatable bonds is 2. The second kappa shape index (κ2) is 5.32. The number of carbonyl (C=O) groups excluding carboxylic acids is 1. The molecule has 1 atom stereocenters. The van der Waals surface area contributed by atoms with E-state index in [4.69, 9.17) is 0 Å². The molecule has 2 rings (SSSR count). The maximum absolute atomic E-state index is 12.1. The molecule has 1 saturated heterocycles. The lowest BCUT2D eigenvalue weighted by molar-refractivity contribution is -0.133. The third-order valence-corrected chi connectivity index (χ3v) is 3.35. The average Bonchev–Trinajstić information content (AvgIpc) is 2.32. The van der Waals surface area contributed by atoms with Gasteiger partial charge in [-0.05, 0) is 30.9 Å². The van der Waals surface area contributed by atoms with E-state index in [-0.39, 0.29) is 12.0 Å². The standard InChI is InChI=1S/C14H19NO2/c1-11-5-2-3-6-12(11)9-14(17)15-8-4-7-13(16)10-15/h2-3,5-6,13,16H,4,7-10H2,1H3. The van der Waals surface area contributed by atoms with Crippen molar-refractivity contribution in [3.8, 4) is 0 Å². The van der Waals surface area contributed by atoms with Crippen LogP contribution in [0.2, 0.25) is 0 Å². The number of hydrogen-bond donors (Lipinski definition) is 1. The molecule has 17 heavy (non-hydrogen) atoms. The molecule has 1 heterocycles. The Morgan fingerprint density at radius 3 is 2.94 bits per heavy atom. The number of nitrogens with zero attached hydrogens (tertiary/aromatic N) is 1. The summed E-state index contributed by atoms with van der Waals surface area (Å²) >= 11 is 0. The molecule has 1 aliphatic heterocycles. The van der Waals surface area contributed by atoms with Gasteiger partial charge in [-0.2, -0.15) is 0 Å². The normalized spacial score (nSPS) is 20.4. The Kier molecular flexibility index (Phi) is 3.79. The zero-order chi connectivity index (χ0) is 12.3. The topological polar surface area (TPSA) is 40.5 Å². The Morgan fingerprint density at radius 1 is 1.47 bits per heavy atom. The van der Waals surface area contributed by atoms with Gasteiger partial charge >= 0.3 is 0 Å². The number of hydrogen-bond acceptors (Lipinski definition) is 2. The van der Waals surface area contributed by atoms with Crippen molar-refractivity contribution < 1.29 is 9.90 Å². The van der Waals surface area contributed by atoms with Gasteiger partial charge in [0.2, 0.25) is 5.91 Å². The van der Waals surface area contributed by atoms with Crippen LogP contribution in [0.1, 0.15) is 24.0 Å². The van der Waals surface area contributed by atoms with Crippen molar-refractivity contribution in [2.75, 3.05) is 13.1 Å². The van der Waals surface area contributed by atoms with Crippen LogP contribution in [0.25, 0.3) is 0 Å². The van der Waals surface area contributed by atoms with Crippen LogP contribution in [0.5, 0.6) is 0 Å². The highest BCUT2D eigenvalue weighted by Gasteiger charge is 2.22. The van der Waals surface area contributed by atoms with Gasteiger partial charge in [-0.25, -0.2) is 0 Å². The number of aliphatic hydroxyl groups excluding tert-OH is 1. The van der Waals surface area contributed by atoms with E-state index in [1.54, 1.807) is 4.90 Å². The van der Waals surface area contributed by atoms with Crippen LogP contribution in [-0.2, 0) is 11.2 Å². The molecule has 0 radical (unpaired) electrons. The molecule has 1 aliphatic rings. The van der Waals surface area contributed by atoms with Gasteiger partial charge < -0.3 is 10.0 Å².